The van der Waals surface area contributed by atoms with Gasteiger partial charge in [0.2, 0.25) is 0 Å². The number of amides is 2. The number of carbonyl (C=O) groups excluding carboxylic acids is 1. The van der Waals surface area contributed by atoms with Crippen molar-refractivity contribution in [1.29, 1.82) is 5.26 Å². The number of hydrogen-bond acceptors (Lipinski definition) is 4. The van der Waals surface area contributed by atoms with Gasteiger partial charge in [0.25, 0.3) is 0 Å². The van der Waals surface area contributed by atoms with Crippen molar-refractivity contribution in [2.45, 2.75) is 19.7 Å². The Morgan fingerprint density at radius 2 is 2.12 bits per heavy atom. The van der Waals surface area contributed by atoms with Crippen LogP contribution < -0.4 is 10.1 Å². The zero-order chi connectivity index (χ0) is 18.8. The lowest BCUT2D eigenvalue weighted by Crippen LogP contribution is -2.37. The summed E-state index contributed by atoms with van der Waals surface area (Å²) >= 11 is 0. The van der Waals surface area contributed by atoms with Gasteiger partial charge in [-0.1, -0.05) is 0 Å². The second-order valence-corrected chi connectivity index (χ2v) is 5.84. The molecule has 2 amide bonds. The predicted molar refractivity (Wildman–Crippen MR) is 78.8 cm³/mol. The monoisotopic (exact) mass is 357 g/mol. The minimum Gasteiger partial charge on any atom is -0.481 e. The SMILES string of the molecule is CC1(C(=O)O)CCN(C(=O)Nc2ccc(OC(F)(F)F)c(C#N)c2)C1. The van der Waals surface area contributed by atoms with Crippen LogP contribution in [0.5, 0.6) is 5.75 Å². The van der Waals surface area contributed by atoms with E-state index >= 15 is 0 Å². The summed E-state index contributed by atoms with van der Waals surface area (Å²) in [6, 6.07) is 4.09. The van der Waals surface area contributed by atoms with Gasteiger partial charge in [-0.15, -0.1) is 13.2 Å². The number of nitrogens with zero attached hydrogens (tertiary/aromatic N) is 2. The highest BCUT2D eigenvalue weighted by Crippen LogP contribution is 2.31. The molecule has 0 spiro atoms. The van der Waals surface area contributed by atoms with E-state index in [0.717, 1.165) is 18.2 Å². The van der Waals surface area contributed by atoms with Crippen molar-refractivity contribution in [1.82, 2.24) is 4.90 Å². The molecule has 1 heterocycles. The summed E-state index contributed by atoms with van der Waals surface area (Å²) in [6.07, 6.45) is -4.65. The van der Waals surface area contributed by atoms with E-state index in [9.17, 15) is 22.8 Å². The Morgan fingerprint density at radius 3 is 2.64 bits per heavy atom. The van der Waals surface area contributed by atoms with E-state index in [0.29, 0.717) is 0 Å². The molecule has 1 fully saturated rings. The van der Waals surface area contributed by atoms with E-state index < -0.39 is 35.1 Å². The van der Waals surface area contributed by atoms with Crippen LogP contribution in [-0.2, 0) is 4.79 Å². The third-order valence-electron chi connectivity index (χ3n) is 3.85. The first-order chi connectivity index (χ1) is 11.5. The minimum absolute atomic E-state index is 0.00847. The number of alkyl halides is 3. The summed E-state index contributed by atoms with van der Waals surface area (Å²) in [6.45, 7) is 1.77. The van der Waals surface area contributed by atoms with Gasteiger partial charge in [-0.25, -0.2) is 4.79 Å². The predicted octanol–water partition coefficient (Wildman–Crippen LogP) is 2.79. The molecule has 2 N–H and O–H groups in total. The number of carboxylic acid groups (broad SMARTS) is 1. The van der Waals surface area contributed by atoms with Gasteiger partial charge >= 0.3 is 18.4 Å². The molecule has 2 rings (SSSR count). The second-order valence-electron chi connectivity index (χ2n) is 5.84. The number of carbonyl (C=O) groups is 2. The quantitative estimate of drug-likeness (QED) is 0.866. The van der Waals surface area contributed by atoms with E-state index in [-0.39, 0.29) is 25.2 Å². The molecule has 1 unspecified atom stereocenters. The van der Waals surface area contributed by atoms with Gasteiger partial charge in [-0.2, -0.15) is 5.26 Å². The Morgan fingerprint density at radius 1 is 1.44 bits per heavy atom. The molecule has 10 heteroatoms. The summed E-state index contributed by atoms with van der Waals surface area (Å²) in [5.41, 5.74) is -1.34. The van der Waals surface area contributed by atoms with Crippen LogP contribution >= 0.6 is 0 Å². The maximum atomic E-state index is 12.3. The molecule has 7 nitrogen and oxygen atoms in total. The normalized spacial score (nSPS) is 20.0. The van der Waals surface area contributed by atoms with Gasteiger partial charge in [0.05, 0.1) is 11.0 Å². The number of hydrogen-bond donors (Lipinski definition) is 2. The average Bonchev–Trinajstić information content (AvgIpc) is 2.91. The van der Waals surface area contributed by atoms with Crippen LogP contribution in [0.3, 0.4) is 0 Å². The molecule has 1 atom stereocenters. The van der Waals surface area contributed by atoms with Gasteiger partial charge in [-0.3, -0.25) is 4.79 Å². The maximum absolute atomic E-state index is 12.3. The fourth-order valence-electron chi connectivity index (χ4n) is 2.42. The standard InChI is InChI=1S/C15H14F3N3O4/c1-14(12(22)23)4-5-21(8-14)13(24)20-10-2-3-11(9(6-10)7-19)25-15(16,17)18/h2-3,6H,4-5,8H2,1H3,(H,20,24)(H,22,23). The molecule has 1 aromatic carbocycles. The van der Waals surface area contributed by atoms with E-state index in [4.69, 9.17) is 10.4 Å². The van der Waals surface area contributed by atoms with Gasteiger partial charge in [0.1, 0.15) is 11.8 Å². The number of nitriles is 1. The van der Waals surface area contributed by atoms with Gasteiger partial charge in [0.15, 0.2) is 0 Å². The number of likely N-dealkylation sites (tertiary alicyclic amines) is 1. The maximum Gasteiger partial charge on any atom is 0.573 e. The lowest BCUT2D eigenvalue weighted by molar-refractivity contribution is -0.274. The topological polar surface area (TPSA) is 103 Å². The number of nitrogens with one attached hydrogen (secondary N) is 1. The first kappa shape index (κ1) is 18.4. The van der Waals surface area contributed by atoms with Crippen LogP contribution in [0.25, 0.3) is 0 Å². The smallest absolute Gasteiger partial charge is 0.481 e. The number of halogens is 3. The second kappa shape index (κ2) is 6.51. The highest BCUT2D eigenvalue weighted by atomic mass is 19.4. The highest BCUT2D eigenvalue weighted by Gasteiger charge is 2.42. The molecule has 1 aliphatic heterocycles. The van der Waals surface area contributed by atoms with Crippen molar-refractivity contribution in [2.75, 3.05) is 18.4 Å². The van der Waals surface area contributed by atoms with Crippen molar-refractivity contribution in [3.63, 3.8) is 0 Å². The minimum atomic E-state index is -4.94. The zero-order valence-corrected chi connectivity index (χ0v) is 13.1. The molecule has 1 saturated heterocycles. The third-order valence-corrected chi connectivity index (χ3v) is 3.85. The summed E-state index contributed by atoms with van der Waals surface area (Å²) in [4.78, 5) is 24.6. The zero-order valence-electron chi connectivity index (χ0n) is 13.1. The molecular weight excluding hydrogens is 343 g/mol. The first-order valence-electron chi connectivity index (χ1n) is 7.13. The Balaban J connectivity index is 2.10. The first-order valence-corrected chi connectivity index (χ1v) is 7.13. The van der Waals surface area contributed by atoms with Crippen molar-refractivity contribution < 1.29 is 32.6 Å². The van der Waals surface area contributed by atoms with Crippen LogP contribution in [-0.4, -0.2) is 41.5 Å². The van der Waals surface area contributed by atoms with Crippen LogP contribution in [0, 0.1) is 16.7 Å². The number of rotatable bonds is 3. The van der Waals surface area contributed by atoms with Gasteiger partial charge in [0, 0.05) is 18.8 Å². The fourth-order valence-corrected chi connectivity index (χ4v) is 2.42. The molecule has 1 aliphatic rings. The van der Waals surface area contributed by atoms with Crippen LogP contribution in [0.1, 0.15) is 18.9 Å². The lowest BCUT2D eigenvalue weighted by Gasteiger charge is -2.20. The molecule has 134 valence electrons. The summed E-state index contributed by atoms with van der Waals surface area (Å²) < 4.78 is 40.5. The Hall–Kier alpha value is -2.96. The number of carboxylic acids is 1. The van der Waals surface area contributed by atoms with Crippen LogP contribution in [0.4, 0.5) is 23.7 Å². The van der Waals surface area contributed by atoms with E-state index in [1.54, 1.807) is 6.07 Å². The summed E-state index contributed by atoms with van der Waals surface area (Å²) in [5.74, 6) is -1.68. The largest absolute Gasteiger partial charge is 0.573 e. The van der Waals surface area contributed by atoms with E-state index in [1.807, 2.05) is 0 Å². The van der Waals surface area contributed by atoms with Crippen molar-refractivity contribution in [2.24, 2.45) is 5.41 Å². The number of benzene rings is 1. The highest BCUT2D eigenvalue weighted by molar-refractivity contribution is 5.90. The Kier molecular flexibility index (Phi) is 4.78. The van der Waals surface area contributed by atoms with E-state index in [1.165, 1.54) is 11.8 Å². The fraction of sp³-hybridized carbons (Fsp3) is 0.400. The van der Waals surface area contributed by atoms with Gasteiger partial charge in [-0.05, 0) is 31.5 Å². The summed E-state index contributed by atoms with van der Waals surface area (Å²) in [7, 11) is 0. The van der Waals surface area contributed by atoms with Crippen LogP contribution in [0.15, 0.2) is 18.2 Å². The molecule has 0 aliphatic carbocycles. The van der Waals surface area contributed by atoms with Gasteiger partial charge < -0.3 is 20.1 Å². The molecule has 25 heavy (non-hydrogen) atoms. The van der Waals surface area contributed by atoms with Crippen molar-refractivity contribution in [3.8, 4) is 11.8 Å². The Bertz CT molecular complexity index is 745. The molecule has 0 saturated carbocycles. The molecular formula is C15H14F3N3O4. The number of aliphatic carboxylic acids is 1. The van der Waals surface area contributed by atoms with Crippen molar-refractivity contribution in [3.05, 3.63) is 23.8 Å². The molecule has 0 bridgehead atoms. The molecule has 0 radical (unpaired) electrons. The summed E-state index contributed by atoms with van der Waals surface area (Å²) in [5, 5.41) is 20.5. The third kappa shape index (κ3) is 4.32. The number of ether oxygens (including phenoxy) is 1. The van der Waals surface area contributed by atoms with E-state index in [2.05, 4.69) is 10.1 Å². The average molecular weight is 357 g/mol. The molecule has 0 aromatic heterocycles. The number of urea groups is 1. The Labute approximate surface area is 140 Å². The lowest BCUT2D eigenvalue weighted by atomic mass is 9.90. The van der Waals surface area contributed by atoms with Crippen LogP contribution in [0.2, 0.25) is 0 Å². The number of anilines is 1. The molecule has 1 aromatic rings. The van der Waals surface area contributed by atoms with Crippen molar-refractivity contribution >= 4 is 17.7 Å².